The Labute approximate surface area is 137 Å². The van der Waals surface area contributed by atoms with Gasteiger partial charge in [-0.3, -0.25) is 4.72 Å². The van der Waals surface area contributed by atoms with E-state index >= 15 is 0 Å². The Morgan fingerprint density at radius 3 is 2.43 bits per heavy atom. The number of hydrogen-bond acceptors (Lipinski definition) is 4. The molecule has 122 valence electrons. The smallest absolute Gasteiger partial charge is 0.262 e. The first-order valence-corrected chi connectivity index (χ1v) is 9.34. The number of hydrogen-bond donors (Lipinski definition) is 1. The molecule has 0 unspecified atom stereocenters. The Hall–Kier alpha value is -2.08. The highest BCUT2D eigenvalue weighted by molar-refractivity contribution is 7.92. The third kappa shape index (κ3) is 3.64. The third-order valence-electron chi connectivity index (χ3n) is 4.06. The maximum absolute atomic E-state index is 12.5. The first-order valence-electron chi connectivity index (χ1n) is 7.86. The zero-order valence-corrected chi connectivity index (χ0v) is 14.0. The number of nitrogens with one attached hydrogen (secondary N) is 1. The molecule has 1 aliphatic rings. The van der Waals surface area contributed by atoms with Crippen LogP contribution in [0.15, 0.2) is 47.5 Å². The summed E-state index contributed by atoms with van der Waals surface area (Å²) < 4.78 is 27.5. The fourth-order valence-electron chi connectivity index (χ4n) is 2.82. The molecule has 5 nitrogen and oxygen atoms in total. The lowest BCUT2D eigenvalue weighted by Crippen LogP contribution is -2.30. The number of aromatic nitrogens is 1. The summed E-state index contributed by atoms with van der Waals surface area (Å²) in [4.78, 5) is 6.93. The van der Waals surface area contributed by atoms with Crippen molar-refractivity contribution in [1.82, 2.24) is 4.98 Å². The number of benzene rings is 1. The Bertz CT molecular complexity index is 767. The molecule has 0 spiro atoms. The van der Waals surface area contributed by atoms with E-state index in [-0.39, 0.29) is 0 Å². The molecule has 2 heterocycles. The van der Waals surface area contributed by atoms with Crippen molar-refractivity contribution in [3.8, 4) is 0 Å². The van der Waals surface area contributed by atoms with Crippen molar-refractivity contribution in [3.63, 3.8) is 0 Å². The molecule has 1 N–H and O–H groups in total. The van der Waals surface area contributed by atoms with Crippen LogP contribution >= 0.6 is 0 Å². The van der Waals surface area contributed by atoms with Crippen molar-refractivity contribution in [2.75, 3.05) is 22.7 Å². The van der Waals surface area contributed by atoms with Gasteiger partial charge in [0, 0.05) is 13.1 Å². The average molecular weight is 331 g/mol. The predicted octanol–water partition coefficient (Wildman–Crippen LogP) is 3.18. The number of piperidine rings is 1. The van der Waals surface area contributed by atoms with Gasteiger partial charge in [-0.05, 0) is 49.9 Å². The number of anilines is 2. The lowest BCUT2D eigenvalue weighted by Gasteiger charge is -2.27. The Morgan fingerprint density at radius 2 is 1.78 bits per heavy atom. The average Bonchev–Trinajstić information content (AvgIpc) is 2.56. The molecule has 6 heteroatoms. The van der Waals surface area contributed by atoms with E-state index in [9.17, 15) is 8.42 Å². The summed E-state index contributed by atoms with van der Waals surface area (Å²) in [5.74, 6) is 0.906. The van der Waals surface area contributed by atoms with Crippen LogP contribution in [0.3, 0.4) is 0 Å². The summed E-state index contributed by atoms with van der Waals surface area (Å²) in [5, 5.41) is 0. The van der Waals surface area contributed by atoms with E-state index in [2.05, 4.69) is 14.6 Å². The van der Waals surface area contributed by atoms with Gasteiger partial charge < -0.3 is 4.90 Å². The van der Waals surface area contributed by atoms with Gasteiger partial charge in [-0.1, -0.05) is 18.2 Å². The van der Waals surface area contributed by atoms with E-state index in [0.717, 1.165) is 24.5 Å². The SMILES string of the molecule is Cc1ccccc1S(=O)(=O)Nc1ccc(N2CCCCC2)nc1. The lowest BCUT2D eigenvalue weighted by molar-refractivity contribution is 0.573. The van der Waals surface area contributed by atoms with Gasteiger partial charge in [-0.2, -0.15) is 0 Å². The van der Waals surface area contributed by atoms with Crippen molar-refractivity contribution >= 4 is 21.5 Å². The van der Waals surface area contributed by atoms with E-state index in [0.29, 0.717) is 10.6 Å². The summed E-state index contributed by atoms with van der Waals surface area (Å²) in [6.07, 6.45) is 5.22. The quantitative estimate of drug-likeness (QED) is 0.934. The molecule has 2 aromatic rings. The highest BCUT2D eigenvalue weighted by Crippen LogP contribution is 2.22. The number of nitrogens with zero attached hydrogens (tertiary/aromatic N) is 2. The minimum atomic E-state index is -3.59. The summed E-state index contributed by atoms with van der Waals surface area (Å²) in [5.41, 5.74) is 1.20. The molecular weight excluding hydrogens is 310 g/mol. The highest BCUT2D eigenvalue weighted by Gasteiger charge is 2.17. The summed E-state index contributed by atoms with van der Waals surface area (Å²) >= 11 is 0. The van der Waals surface area contributed by atoms with Crippen molar-refractivity contribution in [2.45, 2.75) is 31.1 Å². The van der Waals surface area contributed by atoms with Crippen LogP contribution in [-0.2, 0) is 10.0 Å². The number of pyridine rings is 1. The zero-order valence-electron chi connectivity index (χ0n) is 13.2. The molecule has 23 heavy (non-hydrogen) atoms. The second kappa shape index (κ2) is 6.58. The molecule has 0 aliphatic carbocycles. The van der Waals surface area contributed by atoms with Gasteiger partial charge >= 0.3 is 0 Å². The molecule has 0 amide bonds. The standard InChI is InChI=1S/C17H21N3O2S/c1-14-7-3-4-8-16(14)23(21,22)19-15-9-10-17(18-13-15)20-11-5-2-6-12-20/h3-4,7-10,13,19H,2,5-6,11-12H2,1H3. The van der Waals surface area contributed by atoms with E-state index < -0.39 is 10.0 Å². The fraction of sp³-hybridized carbons (Fsp3) is 0.353. The third-order valence-corrected chi connectivity index (χ3v) is 5.60. The van der Waals surface area contributed by atoms with E-state index in [4.69, 9.17) is 0 Å². The summed E-state index contributed by atoms with van der Waals surface area (Å²) in [6.45, 7) is 3.81. The Balaban J connectivity index is 1.76. The van der Waals surface area contributed by atoms with Crippen molar-refractivity contribution < 1.29 is 8.42 Å². The van der Waals surface area contributed by atoms with Gasteiger partial charge in [-0.15, -0.1) is 0 Å². The largest absolute Gasteiger partial charge is 0.357 e. The lowest BCUT2D eigenvalue weighted by atomic mass is 10.1. The molecule has 0 radical (unpaired) electrons. The van der Waals surface area contributed by atoms with E-state index in [1.807, 2.05) is 12.1 Å². The van der Waals surface area contributed by atoms with Gasteiger partial charge in [0.25, 0.3) is 10.0 Å². The topological polar surface area (TPSA) is 62.3 Å². The van der Waals surface area contributed by atoms with Crippen LogP contribution in [0, 0.1) is 6.92 Å². The molecule has 1 saturated heterocycles. The van der Waals surface area contributed by atoms with Crippen LogP contribution in [-0.4, -0.2) is 26.5 Å². The second-order valence-corrected chi connectivity index (χ2v) is 7.47. The van der Waals surface area contributed by atoms with Gasteiger partial charge in [0.05, 0.1) is 16.8 Å². The van der Waals surface area contributed by atoms with Gasteiger partial charge in [-0.25, -0.2) is 13.4 Å². The fourth-order valence-corrected chi connectivity index (χ4v) is 4.12. The van der Waals surface area contributed by atoms with Crippen LogP contribution in [0.2, 0.25) is 0 Å². The predicted molar refractivity (Wildman–Crippen MR) is 92.3 cm³/mol. The minimum absolute atomic E-state index is 0.292. The molecule has 1 aromatic carbocycles. The van der Waals surface area contributed by atoms with Gasteiger partial charge in [0.15, 0.2) is 0 Å². The molecule has 0 atom stereocenters. The second-order valence-electron chi connectivity index (χ2n) is 5.82. The van der Waals surface area contributed by atoms with Crippen LogP contribution in [0.4, 0.5) is 11.5 Å². The molecule has 0 saturated carbocycles. The molecular formula is C17H21N3O2S. The first kappa shape index (κ1) is 15.8. The minimum Gasteiger partial charge on any atom is -0.357 e. The van der Waals surface area contributed by atoms with Crippen LogP contribution in [0.5, 0.6) is 0 Å². The van der Waals surface area contributed by atoms with Crippen molar-refractivity contribution in [2.24, 2.45) is 0 Å². The molecule has 1 aromatic heterocycles. The Kier molecular flexibility index (Phi) is 4.52. The summed E-state index contributed by atoms with van der Waals surface area (Å²) in [6, 6.07) is 10.6. The first-order chi connectivity index (χ1) is 11.1. The van der Waals surface area contributed by atoms with E-state index in [1.54, 1.807) is 37.4 Å². The molecule has 3 rings (SSSR count). The van der Waals surface area contributed by atoms with Gasteiger partial charge in [0.2, 0.25) is 0 Å². The van der Waals surface area contributed by atoms with Crippen molar-refractivity contribution in [3.05, 3.63) is 48.2 Å². The number of aryl methyl sites for hydroxylation is 1. The molecule has 1 aliphatic heterocycles. The van der Waals surface area contributed by atoms with E-state index in [1.165, 1.54) is 19.3 Å². The van der Waals surface area contributed by atoms with Gasteiger partial charge in [0.1, 0.15) is 5.82 Å². The Morgan fingerprint density at radius 1 is 1.04 bits per heavy atom. The van der Waals surface area contributed by atoms with Crippen LogP contribution in [0.1, 0.15) is 24.8 Å². The monoisotopic (exact) mass is 331 g/mol. The van der Waals surface area contributed by atoms with Crippen LogP contribution in [0.25, 0.3) is 0 Å². The number of sulfonamides is 1. The van der Waals surface area contributed by atoms with Crippen LogP contribution < -0.4 is 9.62 Å². The molecule has 0 bridgehead atoms. The highest BCUT2D eigenvalue weighted by atomic mass is 32.2. The number of rotatable bonds is 4. The maximum atomic E-state index is 12.5. The maximum Gasteiger partial charge on any atom is 0.262 e. The zero-order chi connectivity index (χ0) is 16.3. The normalized spacial score (nSPS) is 15.4. The van der Waals surface area contributed by atoms with Crippen molar-refractivity contribution in [1.29, 1.82) is 0 Å². The summed E-state index contributed by atoms with van der Waals surface area (Å²) in [7, 11) is -3.59. The molecule has 1 fully saturated rings.